The molecule has 1 N–H and O–H groups in total. The molecule has 2 amide bonds. The van der Waals surface area contributed by atoms with Crippen molar-refractivity contribution in [3.8, 4) is 0 Å². The Kier molecular flexibility index (Phi) is 5.31. The molecule has 0 bridgehead atoms. The SMILES string of the molecule is C=CC(=O)Nc1cccc(C(=O)N2CCOC(c3ccc(C)s3)C2)c1. The molecule has 0 saturated carbocycles. The fourth-order valence-electron chi connectivity index (χ4n) is 2.74. The zero-order chi connectivity index (χ0) is 17.8. The van der Waals surface area contributed by atoms with Crippen molar-refractivity contribution >= 4 is 28.8 Å². The highest BCUT2D eigenvalue weighted by molar-refractivity contribution is 7.12. The van der Waals surface area contributed by atoms with Crippen LogP contribution in [0.4, 0.5) is 5.69 Å². The number of nitrogens with zero attached hydrogens (tertiary/aromatic N) is 1. The molecule has 1 aliphatic heterocycles. The molecule has 2 aromatic rings. The van der Waals surface area contributed by atoms with Crippen molar-refractivity contribution in [1.29, 1.82) is 0 Å². The van der Waals surface area contributed by atoms with Crippen molar-refractivity contribution in [2.75, 3.05) is 25.0 Å². The normalized spacial score (nSPS) is 17.2. The second-order valence-electron chi connectivity index (χ2n) is 5.83. The summed E-state index contributed by atoms with van der Waals surface area (Å²) in [5, 5.41) is 2.68. The highest BCUT2D eigenvalue weighted by Gasteiger charge is 2.27. The van der Waals surface area contributed by atoms with Crippen LogP contribution in [0.15, 0.2) is 49.1 Å². The lowest BCUT2D eigenvalue weighted by Gasteiger charge is -2.32. The molecule has 6 heteroatoms. The Morgan fingerprint density at radius 1 is 1.36 bits per heavy atom. The van der Waals surface area contributed by atoms with E-state index in [0.717, 1.165) is 4.88 Å². The average Bonchev–Trinajstić information content (AvgIpc) is 3.08. The van der Waals surface area contributed by atoms with Gasteiger partial charge >= 0.3 is 0 Å². The minimum Gasteiger partial charge on any atom is -0.369 e. The summed E-state index contributed by atoms with van der Waals surface area (Å²) in [5.41, 5.74) is 1.12. The van der Waals surface area contributed by atoms with E-state index >= 15 is 0 Å². The van der Waals surface area contributed by atoms with E-state index in [1.165, 1.54) is 11.0 Å². The van der Waals surface area contributed by atoms with Gasteiger partial charge in [0.15, 0.2) is 0 Å². The molecule has 1 aromatic heterocycles. The number of benzene rings is 1. The van der Waals surface area contributed by atoms with E-state index in [1.807, 2.05) is 0 Å². The minimum atomic E-state index is -0.302. The van der Waals surface area contributed by atoms with Crippen LogP contribution < -0.4 is 5.32 Å². The summed E-state index contributed by atoms with van der Waals surface area (Å²) >= 11 is 1.70. The lowest BCUT2D eigenvalue weighted by Crippen LogP contribution is -2.42. The fourth-order valence-corrected chi connectivity index (χ4v) is 3.66. The Hall–Kier alpha value is -2.44. The average molecular weight is 356 g/mol. The van der Waals surface area contributed by atoms with Crippen molar-refractivity contribution in [2.45, 2.75) is 13.0 Å². The van der Waals surface area contributed by atoms with E-state index in [-0.39, 0.29) is 17.9 Å². The number of thiophene rings is 1. The standard InChI is InChI=1S/C19H20N2O3S/c1-3-18(22)20-15-6-4-5-14(11-15)19(23)21-9-10-24-16(12-21)17-8-7-13(2)25-17/h3-8,11,16H,1,9-10,12H2,2H3,(H,20,22). The first-order valence-electron chi connectivity index (χ1n) is 8.07. The van der Waals surface area contributed by atoms with E-state index in [1.54, 1.807) is 40.5 Å². The van der Waals surface area contributed by atoms with Crippen molar-refractivity contribution in [3.05, 3.63) is 64.4 Å². The number of carbonyl (C=O) groups excluding carboxylic acids is 2. The number of aryl methyl sites for hydroxylation is 1. The van der Waals surface area contributed by atoms with Gasteiger partial charge in [0, 0.05) is 27.5 Å². The van der Waals surface area contributed by atoms with Crippen LogP contribution in [0, 0.1) is 6.92 Å². The zero-order valence-corrected chi connectivity index (χ0v) is 14.8. The van der Waals surface area contributed by atoms with Crippen LogP contribution in [-0.2, 0) is 9.53 Å². The first-order valence-corrected chi connectivity index (χ1v) is 8.89. The largest absolute Gasteiger partial charge is 0.369 e. The number of hydrogen-bond acceptors (Lipinski definition) is 4. The summed E-state index contributed by atoms with van der Waals surface area (Å²) < 4.78 is 5.83. The summed E-state index contributed by atoms with van der Waals surface area (Å²) in [7, 11) is 0. The van der Waals surface area contributed by atoms with Crippen molar-refractivity contribution in [1.82, 2.24) is 4.90 Å². The van der Waals surface area contributed by atoms with Gasteiger partial charge in [0.05, 0.1) is 13.2 Å². The molecule has 1 saturated heterocycles. The summed E-state index contributed by atoms with van der Waals surface area (Å²) in [6.45, 7) is 7.09. The lowest BCUT2D eigenvalue weighted by atomic mass is 10.1. The number of carbonyl (C=O) groups is 2. The smallest absolute Gasteiger partial charge is 0.254 e. The van der Waals surface area contributed by atoms with Crippen LogP contribution in [0.25, 0.3) is 0 Å². The third-order valence-electron chi connectivity index (χ3n) is 3.99. The molecule has 25 heavy (non-hydrogen) atoms. The minimum absolute atomic E-state index is 0.0590. The van der Waals surface area contributed by atoms with Crippen LogP contribution in [0.3, 0.4) is 0 Å². The maximum Gasteiger partial charge on any atom is 0.254 e. The van der Waals surface area contributed by atoms with Gasteiger partial charge in [-0.05, 0) is 43.3 Å². The maximum atomic E-state index is 12.8. The number of amides is 2. The maximum absolute atomic E-state index is 12.8. The van der Waals surface area contributed by atoms with E-state index in [2.05, 4.69) is 31.0 Å². The van der Waals surface area contributed by atoms with E-state index in [4.69, 9.17) is 4.74 Å². The lowest BCUT2D eigenvalue weighted by molar-refractivity contribution is -0.111. The van der Waals surface area contributed by atoms with Gasteiger partial charge in [0.1, 0.15) is 6.10 Å². The quantitative estimate of drug-likeness (QED) is 0.854. The van der Waals surface area contributed by atoms with Crippen molar-refractivity contribution < 1.29 is 14.3 Å². The molecule has 1 aliphatic rings. The van der Waals surface area contributed by atoms with Gasteiger partial charge < -0.3 is 15.0 Å². The van der Waals surface area contributed by atoms with Crippen LogP contribution in [-0.4, -0.2) is 36.4 Å². The molecule has 2 heterocycles. The van der Waals surface area contributed by atoms with Gasteiger partial charge in [-0.15, -0.1) is 11.3 Å². The van der Waals surface area contributed by atoms with Crippen LogP contribution in [0.1, 0.15) is 26.2 Å². The molecule has 1 atom stereocenters. The number of nitrogens with one attached hydrogen (secondary N) is 1. The highest BCUT2D eigenvalue weighted by Crippen LogP contribution is 2.29. The van der Waals surface area contributed by atoms with Gasteiger partial charge in [-0.3, -0.25) is 9.59 Å². The molecule has 1 fully saturated rings. The van der Waals surface area contributed by atoms with Crippen molar-refractivity contribution in [2.24, 2.45) is 0 Å². The topological polar surface area (TPSA) is 58.6 Å². The molecule has 0 spiro atoms. The van der Waals surface area contributed by atoms with Gasteiger partial charge in [0.25, 0.3) is 5.91 Å². The highest BCUT2D eigenvalue weighted by atomic mass is 32.1. The first-order chi connectivity index (χ1) is 12.1. The third-order valence-corrected chi connectivity index (χ3v) is 5.09. The summed E-state index contributed by atoms with van der Waals surface area (Å²) in [6, 6.07) is 11.1. The van der Waals surface area contributed by atoms with E-state index < -0.39 is 0 Å². The zero-order valence-electron chi connectivity index (χ0n) is 14.0. The van der Waals surface area contributed by atoms with E-state index in [0.29, 0.717) is 30.9 Å². The molecule has 0 aliphatic carbocycles. The molecule has 0 radical (unpaired) electrons. The molecule has 5 nitrogen and oxygen atoms in total. The molecule has 1 unspecified atom stereocenters. The number of hydrogen-bond donors (Lipinski definition) is 1. The molecule has 1 aromatic carbocycles. The molecular weight excluding hydrogens is 336 g/mol. The Morgan fingerprint density at radius 3 is 2.92 bits per heavy atom. The molecule has 130 valence electrons. The van der Waals surface area contributed by atoms with Crippen molar-refractivity contribution in [3.63, 3.8) is 0 Å². The monoisotopic (exact) mass is 356 g/mol. The van der Waals surface area contributed by atoms with Crippen LogP contribution in [0.5, 0.6) is 0 Å². The Labute approximate surface area is 150 Å². The number of morpholine rings is 1. The predicted molar refractivity (Wildman–Crippen MR) is 98.9 cm³/mol. The van der Waals surface area contributed by atoms with Crippen LogP contribution >= 0.6 is 11.3 Å². The fraction of sp³-hybridized carbons (Fsp3) is 0.263. The number of rotatable bonds is 4. The first kappa shape index (κ1) is 17.4. The van der Waals surface area contributed by atoms with Crippen LogP contribution in [0.2, 0.25) is 0 Å². The van der Waals surface area contributed by atoms with Gasteiger partial charge in [-0.25, -0.2) is 0 Å². The summed E-state index contributed by atoms with van der Waals surface area (Å²) in [4.78, 5) is 28.4. The summed E-state index contributed by atoms with van der Waals surface area (Å²) in [6.07, 6.45) is 1.12. The van der Waals surface area contributed by atoms with Gasteiger partial charge in [0.2, 0.25) is 5.91 Å². The van der Waals surface area contributed by atoms with Gasteiger partial charge in [-0.1, -0.05) is 12.6 Å². The number of ether oxygens (including phenoxy) is 1. The Morgan fingerprint density at radius 2 is 2.20 bits per heavy atom. The molecule has 3 rings (SSSR count). The van der Waals surface area contributed by atoms with Gasteiger partial charge in [-0.2, -0.15) is 0 Å². The second kappa shape index (κ2) is 7.63. The Bertz CT molecular complexity index is 799. The van der Waals surface area contributed by atoms with E-state index in [9.17, 15) is 9.59 Å². The third kappa shape index (κ3) is 4.15. The Balaban J connectivity index is 1.72. The number of anilines is 1. The summed E-state index contributed by atoms with van der Waals surface area (Å²) in [5.74, 6) is -0.361. The predicted octanol–water partition coefficient (Wildman–Crippen LogP) is 3.39. The second-order valence-corrected chi connectivity index (χ2v) is 7.15. The molecular formula is C19H20N2O3S.